The van der Waals surface area contributed by atoms with Crippen molar-refractivity contribution in [3.05, 3.63) is 0 Å². The molecule has 1 atom stereocenters. The molecule has 0 saturated heterocycles. The van der Waals surface area contributed by atoms with Gasteiger partial charge in [0.2, 0.25) is 5.78 Å². The molecule has 1 aliphatic carbocycles. The van der Waals surface area contributed by atoms with Crippen LogP contribution in [0.2, 0.25) is 0 Å². The monoisotopic (exact) mass is 290 g/mol. The number of rotatable bonds is 5. The van der Waals surface area contributed by atoms with Crippen molar-refractivity contribution < 1.29 is 31.1 Å². The molecule has 1 fully saturated rings. The summed E-state index contributed by atoms with van der Waals surface area (Å²) in [6.07, 6.45) is -6.24. The van der Waals surface area contributed by atoms with Crippen molar-refractivity contribution in [3.8, 4) is 0 Å². The second-order valence-corrected chi connectivity index (χ2v) is 4.99. The van der Waals surface area contributed by atoms with Crippen molar-refractivity contribution in [2.24, 2.45) is 5.92 Å². The van der Waals surface area contributed by atoms with Crippen molar-refractivity contribution in [3.63, 3.8) is 0 Å². The molecule has 0 aromatic heterocycles. The van der Waals surface area contributed by atoms with Crippen LogP contribution in [0.3, 0.4) is 0 Å². The van der Waals surface area contributed by atoms with E-state index in [1.54, 1.807) is 0 Å². The summed E-state index contributed by atoms with van der Waals surface area (Å²) in [7, 11) is 0. The van der Waals surface area contributed by atoms with Gasteiger partial charge in [-0.1, -0.05) is 32.1 Å². The quantitative estimate of drug-likeness (QED) is 0.684. The SMILES string of the molecule is O=C(CCC1CCCCC1)C(F)(F)C(F)C(F)(F)F. The second kappa shape index (κ2) is 6.13. The summed E-state index contributed by atoms with van der Waals surface area (Å²) >= 11 is 0. The van der Waals surface area contributed by atoms with E-state index in [-0.39, 0.29) is 12.3 Å². The Morgan fingerprint density at radius 1 is 1.05 bits per heavy atom. The van der Waals surface area contributed by atoms with Crippen molar-refractivity contribution >= 4 is 5.78 Å². The molecule has 0 aliphatic heterocycles. The predicted molar refractivity (Wildman–Crippen MR) is 56.7 cm³/mol. The molecule has 1 rings (SSSR count). The van der Waals surface area contributed by atoms with Crippen molar-refractivity contribution in [1.29, 1.82) is 0 Å². The average molecular weight is 290 g/mol. The lowest BCUT2D eigenvalue weighted by molar-refractivity contribution is -0.239. The highest BCUT2D eigenvalue weighted by Crippen LogP contribution is 2.37. The van der Waals surface area contributed by atoms with E-state index in [0.717, 1.165) is 32.1 Å². The maximum Gasteiger partial charge on any atom is 0.426 e. The number of halogens is 6. The number of Topliss-reactive ketones (excluding diaryl/α,β-unsaturated/α-hetero) is 1. The number of ketones is 1. The van der Waals surface area contributed by atoms with Crippen LogP contribution < -0.4 is 0 Å². The predicted octanol–water partition coefficient (Wildman–Crippen LogP) is 4.45. The molecule has 112 valence electrons. The standard InChI is InChI=1S/C12H16F6O/c13-10(12(16,17)18)11(14,15)9(19)7-6-8-4-2-1-3-5-8/h8,10H,1-7H2. The van der Waals surface area contributed by atoms with Crippen LogP contribution in [0.25, 0.3) is 0 Å². The average Bonchev–Trinajstić information content (AvgIpc) is 2.35. The Morgan fingerprint density at radius 2 is 1.58 bits per heavy atom. The van der Waals surface area contributed by atoms with Crippen LogP contribution >= 0.6 is 0 Å². The third kappa shape index (κ3) is 4.38. The molecule has 0 aromatic carbocycles. The van der Waals surface area contributed by atoms with E-state index in [2.05, 4.69) is 0 Å². The van der Waals surface area contributed by atoms with Crippen LogP contribution in [-0.4, -0.2) is 24.1 Å². The Labute approximate surface area is 107 Å². The molecule has 7 heteroatoms. The molecule has 0 bridgehead atoms. The molecular weight excluding hydrogens is 274 g/mol. The lowest BCUT2D eigenvalue weighted by Crippen LogP contribution is -2.47. The fourth-order valence-electron chi connectivity index (χ4n) is 2.32. The van der Waals surface area contributed by atoms with E-state index in [0.29, 0.717) is 0 Å². The van der Waals surface area contributed by atoms with Crippen LogP contribution in [0.5, 0.6) is 0 Å². The molecule has 1 aliphatic rings. The van der Waals surface area contributed by atoms with Crippen LogP contribution in [0.4, 0.5) is 26.3 Å². The summed E-state index contributed by atoms with van der Waals surface area (Å²) < 4.78 is 74.3. The fourth-order valence-corrected chi connectivity index (χ4v) is 2.32. The summed E-state index contributed by atoms with van der Waals surface area (Å²) in [6, 6.07) is 0. The van der Waals surface area contributed by atoms with Gasteiger partial charge in [0.15, 0.2) is 0 Å². The molecule has 0 spiro atoms. The fraction of sp³-hybridized carbons (Fsp3) is 0.917. The van der Waals surface area contributed by atoms with Gasteiger partial charge in [-0.3, -0.25) is 4.79 Å². The highest BCUT2D eigenvalue weighted by molar-refractivity contribution is 5.86. The minimum atomic E-state index is -5.72. The van der Waals surface area contributed by atoms with Gasteiger partial charge in [-0.15, -0.1) is 0 Å². The third-order valence-corrected chi connectivity index (χ3v) is 3.48. The second-order valence-electron chi connectivity index (χ2n) is 4.99. The normalized spacial score (nSPS) is 20.3. The smallest absolute Gasteiger partial charge is 0.293 e. The Kier molecular flexibility index (Phi) is 5.26. The van der Waals surface area contributed by atoms with Crippen molar-refractivity contribution in [1.82, 2.24) is 0 Å². The molecule has 0 N–H and O–H groups in total. The van der Waals surface area contributed by atoms with Gasteiger partial charge in [-0.05, 0) is 12.3 Å². The van der Waals surface area contributed by atoms with Crippen molar-refractivity contribution in [2.45, 2.75) is 63.2 Å². The minimum absolute atomic E-state index is 0.0810. The van der Waals surface area contributed by atoms with Gasteiger partial charge in [0, 0.05) is 6.42 Å². The Hall–Kier alpha value is -0.750. The molecule has 0 aromatic rings. The topological polar surface area (TPSA) is 17.1 Å². The van der Waals surface area contributed by atoms with E-state index in [1.807, 2.05) is 0 Å². The molecule has 0 amide bonds. The van der Waals surface area contributed by atoms with Gasteiger partial charge >= 0.3 is 12.1 Å². The Balaban J connectivity index is 2.51. The zero-order valence-corrected chi connectivity index (χ0v) is 10.3. The van der Waals surface area contributed by atoms with Crippen LogP contribution in [0.1, 0.15) is 44.9 Å². The summed E-state index contributed by atoms with van der Waals surface area (Å²) in [4.78, 5) is 11.1. The van der Waals surface area contributed by atoms with Gasteiger partial charge in [0.1, 0.15) is 0 Å². The molecule has 1 saturated carbocycles. The zero-order chi connectivity index (χ0) is 14.7. The van der Waals surface area contributed by atoms with Gasteiger partial charge in [-0.2, -0.15) is 22.0 Å². The minimum Gasteiger partial charge on any atom is -0.293 e. The Morgan fingerprint density at radius 3 is 2.05 bits per heavy atom. The number of carbonyl (C=O) groups excluding carboxylic acids is 1. The largest absolute Gasteiger partial charge is 0.426 e. The summed E-state index contributed by atoms with van der Waals surface area (Å²) in [6.45, 7) is 0. The number of hydrogen-bond donors (Lipinski definition) is 0. The van der Waals surface area contributed by atoms with Crippen molar-refractivity contribution in [2.75, 3.05) is 0 Å². The first-order valence-corrected chi connectivity index (χ1v) is 6.27. The van der Waals surface area contributed by atoms with Gasteiger partial charge in [0.05, 0.1) is 0 Å². The van der Waals surface area contributed by atoms with E-state index in [9.17, 15) is 31.1 Å². The highest BCUT2D eigenvalue weighted by Gasteiger charge is 2.60. The molecule has 0 radical (unpaired) electrons. The molecule has 0 heterocycles. The van der Waals surface area contributed by atoms with Gasteiger partial charge in [-0.25, -0.2) is 4.39 Å². The van der Waals surface area contributed by atoms with E-state index < -0.39 is 30.5 Å². The van der Waals surface area contributed by atoms with Crippen LogP contribution in [0.15, 0.2) is 0 Å². The Bertz CT molecular complexity index is 306. The summed E-state index contributed by atoms with van der Waals surface area (Å²) in [5, 5.41) is 0. The van der Waals surface area contributed by atoms with E-state index in [4.69, 9.17) is 0 Å². The number of carbonyl (C=O) groups is 1. The third-order valence-electron chi connectivity index (χ3n) is 3.48. The maximum atomic E-state index is 13.0. The summed E-state index contributed by atoms with van der Waals surface area (Å²) in [5.41, 5.74) is 0. The molecular formula is C12H16F6O. The summed E-state index contributed by atoms with van der Waals surface area (Å²) in [5.74, 6) is -6.85. The lowest BCUT2D eigenvalue weighted by Gasteiger charge is -2.24. The maximum absolute atomic E-state index is 13.0. The first kappa shape index (κ1) is 16.3. The van der Waals surface area contributed by atoms with Gasteiger partial charge < -0.3 is 0 Å². The van der Waals surface area contributed by atoms with E-state index >= 15 is 0 Å². The molecule has 1 nitrogen and oxygen atoms in total. The first-order valence-electron chi connectivity index (χ1n) is 6.27. The molecule has 1 unspecified atom stereocenters. The highest BCUT2D eigenvalue weighted by atomic mass is 19.4. The first-order chi connectivity index (χ1) is 8.65. The molecule has 19 heavy (non-hydrogen) atoms. The number of alkyl halides is 6. The van der Waals surface area contributed by atoms with Gasteiger partial charge in [0.25, 0.3) is 6.17 Å². The van der Waals surface area contributed by atoms with E-state index in [1.165, 1.54) is 0 Å². The van der Waals surface area contributed by atoms with Crippen LogP contribution in [-0.2, 0) is 4.79 Å². The lowest BCUT2D eigenvalue weighted by atomic mass is 9.85. The van der Waals surface area contributed by atoms with Crippen LogP contribution in [0, 0.1) is 5.92 Å². The number of hydrogen-bond acceptors (Lipinski definition) is 1. The zero-order valence-electron chi connectivity index (χ0n) is 10.3.